The van der Waals surface area contributed by atoms with E-state index in [1.54, 1.807) is 0 Å². The Morgan fingerprint density at radius 2 is 1.42 bits per heavy atom. The van der Waals surface area contributed by atoms with Crippen LogP contribution in [-0.2, 0) is 6.54 Å². The van der Waals surface area contributed by atoms with Crippen molar-refractivity contribution in [2.24, 2.45) is 0 Å². The molecule has 0 atom stereocenters. The van der Waals surface area contributed by atoms with Gasteiger partial charge in [0.25, 0.3) is 0 Å². The number of anilines is 1. The average molecular weight is 315 g/mol. The first-order valence-electron chi connectivity index (χ1n) is 8.98. The molecular formula is C23H25N. The van der Waals surface area contributed by atoms with E-state index in [4.69, 9.17) is 0 Å². The summed E-state index contributed by atoms with van der Waals surface area (Å²) in [4.78, 5) is 0. The summed E-state index contributed by atoms with van der Waals surface area (Å²) in [6.45, 7) is 9.91. The van der Waals surface area contributed by atoms with Crippen LogP contribution in [0.1, 0.15) is 56.2 Å². The van der Waals surface area contributed by atoms with E-state index in [2.05, 4.69) is 81.5 Å². The van der Waals surface area contributed by atoms with Crippen LogP contribution in [0.5, 0.6) is 0 Å². The molecule has 1 aliphatic rings. The second-order valence-corrected chi connectivity index (χ2v) is 7.54. The van der Waals surface area contributed by atoms with Crippen LogP contribution in [0.4, 0.5) is 5.69 Å². The van der Waals surface area contributed by atoms with Crippen LogP contribution in [0.25, 0.3) is 21.9 Å². The van der Waals surface area contributed by atoms with Gasteiger partial charge in [-0.15, -0.1) is 0 Å². The summed E-state index contributed by atoms with van der Waals surface area (Å²) < 4.78 is 0. The maximum atomic E-state index is 3.64. The van der Waals surface area contributed by atoms with Crippen LogP contribution in [0.3, 0.4) is 0 Å². The monoisotopic (exact) mass is 315 g/mol. The van der Waals surface area contributed by atoms with E-state index in [1.165, 1.54) is 44.3 Å². The molecule has 1 aliphatic heterocycles. The molecule has 0 unspecified atom stereocenters. The summed E-state index contributed by atoms with van der Waals surface area (Å²) in [7, 11) is 0. The smallest absolute Gasteiger partial charge is 0.0425 e. The summed E-state index contributed by atoms with van der Waals surface area (Å²) in [5, 5.41) is 6.37. The zero-order valence-corrected chi connectivity index (χ0v) is 15.0. The number of hydrogen-bond donors (Lipinski definition) is 1. The molecule has 4 rings (SSSR count). The highest BCUT2D eigenvalue weighted by Gasteiger charge is 2.18. The van der Waals surface area contributed by atoms with Crippen LogP contribution < -0.4 is 5.32 Å². The number of rotatable bonds is 2. The van der Waals surface area contributed by atoms with Crippen molar-refractivity contribution < 1.29 is 0 Å². The second-order valence-electron chi connectivity index (χ2n) is 7.54. The fraction of sp³-hybridized carbons (Fsp3) is 0.304. The van der Waals surface area contributed by atoms with Crippen molar-refractivity contribution in [1.82, 2.24) is 0 Å². The third-order valence-corrected chi connectivity index (χ3v) is 5.28. The van der Waals surface area contributed by atoms with Crippen molar-refractivity contribution in [2.75, 3.05) is 5.32 Å². The normalized spacial score (nSPS) is 13.1. The van der Waals surface area contributed by atoms with Gasteiger partial charge < -0.3 is 5.32 Å². The molecule has 3 aromatic carbocycles. The van der Waals surface area contributed by atoms with Crippen molar-refractivity contribution in [1.29, 1.82) is 0 Å². The molecule has 0 saturated carbocycles. The molecule has 0 aliphatic carbocycles. The highest BCUT2D eigenvalue weighted by molar-refractivity contribution is 5.96. The molecule has 0 saturated heterocycles. The van der Waals surface area contributed by atoms with E-state index < -0.39 is 0 Å². The van der Waals surface area contributed by atoms with Crippen molar-refractivity contribution >= 4 is 16.5 Å². The third-order valence-electron chi connectivity index (χ3n) is 5.28. The molecule has 0 aromatic heterocycles. The third kappa shape index (κ3) is 2.39. The Bertz CT molecular complexity index is 919. The van der Waals surface area contributed by atoms with E-state index in [0.717, 1.165) is 6.54 Å². The topological polar surface area (TPSA) is 12.0 Å². The van der Waals surface area contributed by atoms with Gasteiger partial charge in [-0.05, 0) is 50.9 Å². The lowest BCUT2D eigenvalue weighted by Gasteiger charge is -2.24. The Kier molecular flexibility index (Phi) is 3.60. The molecule has 24 heavy (non-hydrogen) atoms. The molecule has 0 bridgehead atoms. The minimum Gasteiger partial charge on any atom is -0.380 e. The number of benzene rings is 3. The summed E-state index contributed by atoms with van der Waals surface area (Å²) >= 11 is 0. The summed E-state index contributed by atoms with van der Waals surface area (Å²) in [6, 6.07) is 18.4. The van der Waals surface area contributed by atoms with Gasteiger partial charge in [-0.1, -0.05) is 70.2 Å². The van der Waals surface area contributed by atoms with Gasteiger partial charge in [0.1, 0.15) is 0 Å². The zero-order valence-electron chi connectivity index (χ0n) is 15.0. The summed E-state index contributed by atoms with van der Waals surface area (Å²) in [6.07, 6.45) is 0. The SMILES string of the molecule is CC(C)c1ccc2c(c1)NCc1c-2ccc2cc(C(C)C)ccc12. The minimum absolute atomic E-state index is 0.560. The van der Waals surface area contributed by atoms with Crippen LogP contribution in [-0.4, -0.2) is 0 Å². The first-order chi connectivity index (χ1) is 11.5. The van der Waals surface area contributed by atoms with Crippen LogP contribution >= 0.6 is 0 Å². The Morgan fingerprint density at radius 3 is 2.17 bits per heavy atom. The van der Waals surface area contributed by atoms with Crippen molar-refractivity contribution in [3.05, 3.63) is 65.2 Å². The first-order valence-corrected chi connectivity index (χ1v) is 8.98. The highest BCUT2D eigenvalue weighted by atomic mass is 14.9. The Morgan fingerprint density at radius 1 is 0.750 bits per heavy atom. The van der Waals surface area contributed by atoms with Crippen LogP contribution in [0.15, 0.2) is 48.5 Å². The Balaban J connectivity index is 1.88. The van der Waals surface area contributed by atoms with Gasteiger partial charge in [0.05, 0.1) is 0 Å². The molecule has 0 spiro atoms. The van der Waals surface area contributed by atoms with Gasteiger partial charge in [0.2, 0.25) is 0 Å². The molecule has 122 valence electrons. The van der Waals surface area contributed by atoms with E-state index in [9.17, 15) is 0 Å². The lowest BCUT2D eigenvalue weighted by molar-refractivity contribution is 0.866. The van der Waals surface area contributed by atoms with E-state index in [1.807, 2.05) is 0 Å². The molecule has 0 amide bonds. The predicted octanol–water partition coefficient (Wildman–Crippen LogP) is 6.68. The Labute approximate surface area is 144 Å². The lowest BCUT2D eigenvalue weighted by Crippen LogP contribution is -2.10. The predicted molar refractivity (Wildman–Crippen MR) is 105 cm³/mol. The molecule has 0 fully saturated rings. The first kappa shape index (κ1) is 15.3. The number of hydrogen-bond acceptors (Lipinski definition) is 1. The molecule has 3 aromatic rings. The fourth-order valence-electron chi connectivity index (χ4n) is 3.70. The van der Waals surface area contributed by atoms with Crippen LogP contribution in [0.2, 0.25) is 0 Å². The van der Waals surface area contributed by atoms with Gasteiger partial charge in [-0.25, -0.2) is 0 Å². The maximum Gasteiger partial charge on any atom is 0.0425 e. The van der Waals surface area contributed by atoms with Gasteiger partial charge >= 0.3 is 0 Å². The standard InChI is InChI=1S/C23H25N/c1-14(2)16-5-8-19-18(11-16)7-9-20-21-10-6-17(15(3)4)12-23(21)24-13-22(19)20/h5-12,14-15,24H,13H2,1-4H3. The minimum atomic E-state index is 0.560. The molecular weight excluding hydrogens is 290 g/mol. The van der Waals surface area contributed by atoms with E-state index >= 15 is 0 Å². The average Bonchev–Trinajstić information content (AvgIpc) is 2.59. The van der Waals surface area contributed by atoms with Crippen LogP contribution in [0, 0.1) is 0 Å². The maximum absolute atomic E-state index is 3.64. The molecule has 1 heteroatoms. The van der Waals surface area contributed by atoms with Gasteiger partial charge in [0, 0.05) is 17.8 Å². The van der Waals surface area contributed by atoms with Crippen molar-refractivity contribution in [3.8, 4) is 11.1 Å². The zero-order chi connectivity index (χ0) is 16.8. The largest absolute Gasteiger partial charge is 0.380 e. The molecule has 0 radical (unpaired) electrons. The van der Waals surface area contributed by atoms with Crippen molar-refractivity contribution in [2.45, 2.75) is 46.1 Å². The van der Waals surface area contributed by atoms with E-state index in [0.29, 0.717) is 11.8 Å². The van der Waals surface area contributed by atoms with E-state index in [-0.39, 0.29) is 0 Å². The summed E-state index contributed by atoms with van der Waals surface area (Å²) in [5.74, 6) is 1.13. The van der Waals surface area contributed by atoms with Crippen molar-refractivity contribution in [3.63, 3.8) is 0 Å². The molecule has 1 heterocycles. The molecule has 1 N–H and O–H groups in total. The lowest BCUT2D eigenvalue weighted by atomic mass is 9.88. The fourth-order valence-corrected chi connectivity index (χ4v) is 3.70. The highest BCUT2D eigenvalue weighted by Crippen LogP contribution is 2.40. The van der Waals surface area contributed by atoms with Gasteiger partial charge in [0.15, 0.2) is 0 Å². The summed E-state index contributed by atoms with van der Waals surface area (Å²) in [5.41, 5.74) is 8.21. The number of nitrogens with one attached hydrogen (secondary N) is 1. The Hall–Kier alpha value is -2.28. The molecule has 1 nitrogen and oxygen atoms in total. The van der Waals surface area contributed by atoms with Gasteiger partial charge in [-0.3, -0.25) is 0 Å². The second kappa shape index (κ2) is 5.66. The quantitative estimate of drug-likeness (QED) is 0.556. The van der Waals surface area contributed by atoms with Gasteiger partial charge in [-0.2, -0.15) is 0 Å². The number of fused-ring (bicyclic) bond motifs is 5.